The molecule has 0 unspecified atom stereocenters. The van der Waals surface area contributed by atoms with Crippen LogP contribution in [0.5, 0.6) is 0 Å². The number of nitrogens with zero attached hydrogens (tertiary/aromatic N) is 6. The zero-order chi connectivity index (χ0) is 19.6. The molecular weight excluding hydrogens is 370 g/mol. The van der Waals surface area contributed by atoms with E-state index in [2.05, 4.69) is 25.9 Å². The van der Waals surface area contributed by atoms with Gasteiger partial charge in [-0.15, -0.1) is 0 Å². The largest absolute Gasteiger partial charge is 0.288 e. The molecule has 0 atom stereocenters. The molecule has 0 aliphatic rings. The number of anilines is 1. The van der Waals surface area contributed by atoms with Gasteiger partial charge in [0, 0.05) is 13.6 Å². The fourth-order valence-electron chi connectivity index (χ4n) is 2.53. The van der Waals surface area contributed by atoms with E-state index in [-0.39, 0.29) is 27.8 Å². The van der Waals surface area contributed by atoms with Crippen LogP contribution in [0.15, 0.2) is 29.1 Å². The second kappa shape index (κ2) is 7.67. The Morgan fingerprint density at radius 2 is 1.96 bits per heavy atom. The maximum atomic E-state index is 12.9. The molecule has 0 radical (unpaired) electrons. The van der Waals surface area contributed by atoms with E-state index in [1.54, 1.807) is 19.2 Å². The van der Waals surface area contributed by atoms with Crippen molar-refractivity contribution in [3.63, 3.8) is 0 Å². The molecule has 2 heterocycles. The maximum Gasteiger partial charge on any atom is 0.280 e. The van der Waals surface area contributed by atoms with Gasteiger partial charge < -0.3 is 0 Å². The first-order valence-electron chi connectivity index (χ1n) is 8.33. The van der Waals surface area contributed by atoms with E-state index < -0.39 is 5.91 Å². The number of benzene rings is 1. The standard InChI is InChI=1S/C17H18ClN7O2/c1-4-9-25-16(27)12(11-7-5-10(2)6-8-11)13(18)14(21-25)15(26)19-17-20-22-23-24(17)3/h5-8H,4,9H2,1-3H3,(H,19,20,23,26). The summed E-state index contributed by atoms with van der Waals surface area (Å²) in [4.78, 5) is 25.6. The number of halogens is 1. The van der Waals surface area contributed by atoms with E-state index in [1.165, 1.54) is 9.36 Å². The lowest BCUT2D eigenvalue weighted by Crippen LogP contribution is -2.29. The molecule has 0 spiro atoms. The third-order valence-electron chi connectivity index (χ3n) is 3.93. The van der Waals surface area contributed by atoms with E-state index in [1.807, 2.05) is 26.0 Å². The minimum Gasteiger partial charge on any atom is -0.288 e. The van der Waals surface area contributed by atoms with E-state index in [9.17, 15) is 9.59 Å². The third kappa shape index (κ3) is 3.72. The molecule has 1 amide bonds. The first kappa shape index (κ1) is 18.7. The van der Waals surface area contributed by atoms with Crippen molar-refractivity contribution in [1.29, 1.82) is 0 Å². The van der Waals surface area contributed by atoms with E-state index in [0.29, 0.717) is 18.5 Å². The predicted molar refractivity (Wildman–Crippen MR) is 101 cm³/mol. The highest BCUT2D eigenvalue weighted by molar-refractivity contribution is 6.36. The van der Waals surface area contributed by atoms with Crippen LogP contribution in [0.4, 0.5) is 5.95 Å². The van der Waals surface area contributed by atoms with Crippen LogP contribution < -0.4 is 10.9 Å². The van der Waals surface area contributed by atoms with Gasteiger partial charge in [0.25, 0.3) is 11.5 Å². The van der Waals surface area contributed by atoms with Gasteiger partial charge in [-0.25, -0.2) is 9.36 Å². The van der Waals surface area contributed by atoms with E-state index in [4.69, 9.17) is 11.6 Å². The van der Waals surface area contributed by atoms with Crippen molar-refractivity contribution in [1.82, 2.24) is 30.0 Å². The molecule has 0 bridgehead atoms. The summed E-state index contributed by atoms with van der Waals surface area (Å²) < 4.78 is 2.56. The topological polar surface area (TPSA) is 108 Å². The minimum absolute atomic E-state index is 0.0103. The Balaban J connectivity index is 2.13. The Bertz CT molecular complexity index is 1040. The van der Waals surface area contributed by atoms with Crippen LogP contribution in [0.3, 0.4) is 0 Å². The molecular formula is C17H18ClN7O2. The Morgan fingerprint density at radius 1 is 1.26 bits per heavy atom. The zero-order valence-corrected chi connectivity index (χ0v) is 15.9. The second-order valence-corrected chi connectivity index (χ2v) is 6.39. The van der Waals surface area contributed by atoms with Crippen molar-refractivity contribution in [3.8, 4) is 11.1 Å². The first-order valence-corrected chi connectivity index (χ1v) is 8.71. The number of hydrogen-bond acceptors (Lipinski definition) is 6. The number of tetrazole rings is 1. The average molecular weight is 388 g/mol. The van der Waals surface area contributed by atoms with Crippen LogP contribution in [0.2, 0.25) is 5.02 Å². The van der Waals surface area contributed by atoms with Crippen LogP contribution in [-0.4, -0.2) is 35.9 Å². The molecule has 0 aliphatic heterocycles. The number of aromatic nitrogens is 6. The lowest BCUT2D eigenvalue weighted by atomic mass is 10.0. The fraction of sp³-hybridized carbons (Fsp3) is 0.294. The summed E-state index contributed by atoms with van der Waals surface area (Å²) in [5.41, 5.74) is 1.50. The summed E-state index contributed by atoms with van der Waals surface area (Å²) in [6.45, 7) is 4.22. The second-order valence-electron chi connectivity index (χ2n) is 6.01. The molecule has 9 nitrogen and oxygen atoms in total. The number of carbonyl (C=O) groups excluding carboxylic acids is 1. The van der Waals surface area contributed by atoms with Crippen LogP contribution >= 0.6 is 11.6 Å². The Labute approximate surface area is 160 Å². The summed E-state index contributed by atoms with van der Waals surface area (Å²) in [7, 11) is 1.58. The highest BCUT2D eigenvalue weighted by atomic mass is 35.5. The Kier molecular flexibility index (Phi) is 5.31. The number of rotatable bonds is 5. The molecule has 0 saturated carbocycles. The van der Waals surface area contributed by atoms with Crippen molar-refractivity contribution in [2.24, 2.45) is 7.05 Å². The quantitative estimate of drug-likeness (QED) is 0.717. The summed E-state index contributed by atoms with van der Waals surface area (Å²) >= 11 is 6.44. The molecule has 1 N–H and O–H groups in total. The summed E-state index contributed by atoms with van der Waals surface area (Å²) in [5.74, 6) is -0.459. The fourth-order valence-corrected chi connectivity index (χ4v) is 2.84. The zero-order valence-electron chi connectivity index (χ0n) is 15.1. The van der Waals surface area contributed by atoms with Crippen LogP contribution in [-0.2, 0) is 13.6 Å². The molecule has 10 heteroatoms. The molecule has 0 fully saturated rings. The number of nitrogens with one attached hydrogen (secondary N) is 1. The lowest BCUT2D eigenvalue weighted by Gasteiger charge is -2.13. The molecule has 1 aromatic carbocycles. The Hall–Kier alpha value is -3.07. The SMILES string of the molecule is CCCn1nc(C(=O)Nc2nnnn2C)c(Cl)c(-c2ccc(C)cc2)c1=O. The molecule has 0 saturated heterocycles. The molecule has 0 aliphatic carbocycles. The monoisotopic (exact) mass is 387 g/mol. The van der Waals surface area contributed by atoms with Gasteiger partial charge in [-0.3, -0.25) is 14.9 Å². The van der Waals surface area contributed by atoms with Crippen molar-refractivity contribution in [2.75, 3.05) is 5.32 Å². The van der Waals surface area contributed by atoms with Gasteiger partial charge >= 0.3 is 0 Å². The smallest absolute Gasteiger partial charge is 0.280 e. The number of amides is 1. The molecule has 140 valence electrons. The highest BCUT2D eigenvalue weighted by Gasteiger charge is 2.23. The van der Waals surface area contributed by atoms with Gasteiger partial charge in [-0.2, -0.15) is 5.10 Å². The normalized spacial score (nSPS) is 10.8. The third-order valence-corrected chi connectivity index (χ3v) is 4.30. The minimum atomic E-state index is -0.601. The average Bonchev–Trinajstić information content (AvgIpc) is 3.04. The molecule has 3 aromatic rings. The lowest BCUT2D eigenvalue weighted by molar-refractivity contribution is 0.101. The maximum absolute atomic E-state index is 12.9. The first-order chi connectivity index (χ1) is 12.9. The van der Waals surface area contributed by atoms with Crippen molar-refractivity contribution < 1.29 is 4.79 Å². The summed E-state index contributed by atoms with van der Waals surface area (Å²) in [6.07, 6.45) is 0.677. The predicted octanol–water partition coefficient (Wildman–Crippen LogP) is 2.06. The van der Waals surface area contributed by atoms with Gasteiger partial charge in [0.1, 0.15) is 0 Å². The van der Waals surface area contributed by atoms with Gasteiger partial charge in [0.2, 0.25) is 5.95 Å². The molecule has 2 aromatic heterocycles. The van der Waals surface area contributed by atoms with Gasteiger partial charge in [0.15, 0.2) is 5.69 Å². The molecule has 3 rings (SSSR count). The highest BCUT2D eigenvalue weighted by Crippen LogP contribution is 2.27. The molecule has 27 heavy (non-hydrogen) atoms. The Morgan fingerprint density at radius 3 is 2.56 bits per heavy atom. The number of aryl methyl sites for hydroxylation is 3. The van der Waals surface area contributed by atoms with Gasteiger partial charge in [0.05, 0.1) is 10.6 Å². The number of hydrogen-bond donors (Lipinski definition) is 1. The van der Waals surface area contributed by atoms with Gasteiger partial charge in [-0.05, 0) is 29.3 Å². The van der Waals surface area contributed by atoms with Crippen molar-refractivity contribution in [3.05, 3.63) is 50.9 Å². The van der Waals surface area contributed by atoms with E-state index in [0.717, 1.165) is 5.56 Å². The van der Waals surface area contributed by atoms with Crippen molar-refractivity contribution in [2.45, 2.75) is 26.8 Å². The van der Waals surface area contributed by atoms with Crippen LogP contribution in [0.25, 0.3) is 11.1 Å². The van der Waals surface area contributed by atoms with Crippen LogP contribution in [0, 0.1) is 6.92 Å². The summed E-state index contributed by atoms with van der Waals surface area (Å²) in [5, 5.41) is 17.5. The van der Waals surface area contributed by atoms with Crippen LogP contribution in [0.1, 0.15) is 29.4 Å². The number of carbonyl (C=O) groups is 1. The summed E-state index contributed by atoms with van der Waals surface area (Å²) in [6, 6.07) is 7.34. The van der Waals surface area contributed by atoms with Crippen molar-refractivity contribution >= 4 is 23.5 Å². The van der Waals surface area contributed by atoms with E-state index >= 15 is 0 Å². The van der Waals surface area contributed by atoms with Gasteiger partial charge in [-0.1, -0.05) is 53.5 Å².